The van der Waals surface area contributed by atoms with Gasteiger partial charge in [-0.2, -0.15) is 0 Å². The van der Waals surface area contributed by atoms with Gasteiger partial charge in [0.2, 0.25) is 12.0 Å². The van der Waals surface area contributed by atoms with Gasteiger partial charge >= 0.3 is 5.97 Å². The molecule has 5 nitrogen and oxygen atoms in total. The molecule has 0 aromatic heterocycles. The Balaban J connectivity index is 2.21. The van der Waals surface area contributed by atoms with Gasteiger partial charge < -0.3 is 15.6 Å². The van der Waals surface area contributed by atoms with Gasteiger partial charge in [0.05, 0.1) is 0 Å². The number of hydrogen-bond acceptors (Lipinski definition) is 3. The lowest BCUT2D eigenvalue weighted by atomic mass is 10.1. The van der Waals surface area contributed by atoms with Crippen LogP contribution >= 0.6 is 0 Å². The second-order valence-corrected chi connectivity index (χ2v) is 4.14. The molecule has 1 unspecified atom stereocenters. The van der Waals surface area contributed by atoms with Crippen LogP contribution in [0.5, 0.6) is 5.75 Å². The number of carboxylic acid groups (broad SMARTS) is 1. The third-order valence-corrected chi connectivity index (χ3v) is 2.72. The molecule has 0 spiro atoms. The first-order chi connectivity index (χ1) is 9.58. The Kier molecular flexibility index (Phi) is 4.00. The zero-order valence-electron chi connectivity index (χ0n) is 10.5. The molecule has 2 aromatic carbocycles. The van der Waals surface area contributed by atoms with E-state index in [0.29, 0.717) is 16.9 Å². The van der Waals surface area contributed by atoms with E-state index < -0.39 is 18.0 Å². The number of primary amides is 1. The predicted molar refractivity (Wildman–Crippen MR) is 72.4 cm³/mol. The molecule has 3 N–H and O–H groups in total. The highest BCUT2D eigenvalue weighted by Gasteiger charge is 2.21. The van der Waals surface area contributed by atoms with Crippen LogP contribution in [0.25, 0.3) is 0 Å². The molecule has 0 aliphatic heterocycles. The van der Waals surface area contributed by atoms with E-state index in [1.807, 2.05) is 0 Å². The van der Waals surface area contributed by atoms with Crippen molar-refractivity contribution in [2.45, 2.75) is 6.10 Å². The minimum absolute atomic E-state index is 0.337. The van der Waals surface area contributed by atoms with Crippen molar-refractivity contribution in [2.24, 2.45) is 5.73 Å². The Bertz CT molecular complexity index is 608. The summed E-state index contributed by atoms with van der Waals surface area (Å²) in [5.74, 6) is -1.28. The number of benzene rings is 2. The van der Waals surface area contributed by atoms with Crippen molar-refractivity contribution >= 4 is 11.9 Å². The van der Waals surface area contributed by atoms with Crippen molar-refractivity contribution < 1.29 is 19.4 Å². The molecule has 0 heterocycles. The van der Waals surface area contributed by atoms with Crippen LogP contribution in [0.4, 0.5) is 0 Å². The molecule has 2 aromatic rings. The highest BCUT2D eigenvalue weighted by molar-refractivity contribution is 5.92. The Morgan fingerprint density at radius 2 is 1.60 bits per heavy atom. The minimum Gasteiger partial charge on any atom is -0.478 e. The highest BCUT2D eigenvalue weighted by atomic mass is 16.5. The summed E-state index contributed by atoms with van der Waals surface area (Å²) in [4.78, 5) is 22.2. The lowest BCUT2D eigenvalue weighted by molar-refractivity contribution is -0.145. The van der Waals surface area contributed by atoms with E-state index in [2.05, 4.69) is 0 Å². The van der Waals surface area contributed by atoms with E-state index in [0.717, 1.165) is 0 Å². The van der Waals surface area contributed by atoms with Crippen LogP contribution in [0.1, 0.15) is 22.0 Å². The third-order valence-electron chi connectivity index (χ3n) is 2.72. The topological polar surface area (TPSA) is 89.6 Å². The van der Waals surface area contributed by atoms with E-state index in [4.69, 9.17) is 10.5 Å². The van der Waals surface area contributed by atoms with Crippen molar-refractivity contribution in [1.29, 1.82) is 0 Å². The van der Waals surface area contributed by atoms with Crippen molar-refractivity contribution in [3.05, 3.63) is 65.7 Å². The quantitative estimate of drug-likeness (QED) is 0.870. The fraction of sp³-hybridized carbons (Fsp3) is 0.0667. The average Bonchev–Trinajstić information content (AvgIpc) is 2.46. The molecule has 0 aliphatic carbocycles. The molecule has 0 fully saturated rings. The molecule has 1 amide bonds. The molecule has 1 atom stereocenters. The van der Waals surface area contributed by atoms with Gasteiger partial charge in [-0.1, -0.05) is 30.3 Å². The highest BCUT2D eigenvalue weighted by Crippen LogP contribution is 2.22. The first-order valence-corrected chi connectivity index (χ1v) is 5.92. The van der Waals surface area contributed by atoms with E-state index in [-0.39, 0.29) is 0 Å². The molecule has 0 radical (unpaired) electrons. The zero-order valence-corrected chi connectivity index (χ0v) is 10.5. The maximum atomic E-state index is 11.3. The van der Waals surface area contributed by atoms with Crippen molar-refractivity contribution in [2.75, 3.05) is 0 Å². The Morgan fingerprint density at radius 3 is 2.10 bits per heavy atom. The van der Waals surface area contributed by atoms with E-state index in [1.165, 1.54) is 24.3 Å². The number of nitrogens with two attached hydrogens (primary N) is 1. The predicted octanol–water partition coefficient (Wildman–Crippen LogP) is 1.99. The van der Waals surface area contributed by atoms with Crippen LogP contribution in [0.2, 0.25) is 0 Å². The number of amides is 1. The van der Waals surface area contributed by atoms with Gasteiger partial charge in [0.25, 0.3) is 0 Å². The number of carbonyl (C=O) groups excluding carboxylic acids is 1. The standard InChI is InChI=1S/C15H13NO4/c16-14(17)11-6-8-12(9-7-11)20-13(15(18)19)10-4-2-1-3-5-10/h1-9,13H,(H2,16,17)(H,18,19). The summed E-state index contributed by atoms with van der Waals surface area (Å²) >= 11 is 0. The lowest BCUT2D eigenvalue weighted by Gasteiger charge is -2.15. The molecule has 0 aliphatic rings. The summed E-state index contributed by atoms with van der Waals surface area (Å²) in [5.41, 5.74) is 6.01. The smallest absolute Gasteiger partial charge is 0.349 e. The molecular weight excluding hydrogens is 258 g/mol. The number of aliphatic carboxylic acids is 1. The summed E-state index contributed by atoms with van der Waals surface area (Å²) in [7, 11) is 0. The van der Waals surface area contributed by atoms with Crippen LogP contribution in [0.15, 0.2) is 54.6 Å². The maximum absolute atomic E-state index is 11.3. The molecule has 5 heteroatoms. The Morgan fingerprint density at radius 1 is 1.00 bits per heavy atom. The van der Waals surface area contributed by atoms with Gasteiger partial charge in [0, 0.05) is 11.1 Å². The second kappa shape index (κ2) is 5.88. The zero-order chi connectivity index (χ0) is 14.5. The summed E-state index contributed by atoms with van der Waals surface area (Å²) in [6, 6.07) is 14.6. The fourth-order valence-corrected chi connectivity index (χ4v) is 1.72. The number of hydrogen-bond donors (Lipinski definition) is 2. The van der Waals surface area contributed by atoms with Gasteiger partial charge in [0.1, 0.15) is 5.75 Å². The Labute approximate surface area is 115 Å². The Hall–Kier alpha value is -2.82. The normalized spacial score (nSPS) is 11.6. The maximum Gasteiger partial charge on any atom is 0.349 e. The van der Waals surface area contributed by atoms with Gasteiger partial charge in [-0.25, -0.2) is 4.79 Å². The lowest BCUT2D eigenvalue weighted by Crippen LogP contribution is -2.18. The van der Waals surface area contributed by atoms with Crippen LogP contribution < -0.4 is 10.5 Å². The van der Waals surface area contributed by atoms with Crippen LogP contribution in [-0.4, -0.2) is 17.0 Å². The monoisotopic (exact) mass is 271 g/mol. The second-order valence-electron chi connectivity index (χ2n) is 4.14. The number of carbonyl (C=O) groups is 2. The van der Waals surface area contributed by atoms with Gasteiger partial charge in [0.15, 0.2) is 0 Å². The van der Waals surface area contributed by atoms with Crippen molar-refractivity contribution in [3.8, 4) is 5.75 Å². The van der Waals surface area contributed by atoms with Gasteiger partial charge in [-0.3, -0.25) is 4.79 Å². The largest absolute Gasteiger partial charge is 0.478 e. The van der Waals surface area contributed by atoms with E-state index in [1.54, 1.807) is 30.3 Å². The molecule has 20 heavy (non-hydrogen) atoms. The molecule has 2 rings (SSSR count). The number of ether oxygens (including phenoxy) is 1. The molecular formula is C15H13NO4. The van der Waals surface area contributed by atoms with Crippen LogP contribution in [-0.2, 0) is 4.79 Å². The van der Waals surface area contributed by atoms with Crippen LogP contribution in [0.3, 0.4) is 0 Å². The van der Waals surface area contributed by atoms with E-state index in [9.17, 15) is 14.7 Å². The SMILES string of the molecule is NC(=O)c1ccc(OC(C(=O)O)c2ccccc2)cc1. The van der Waals surface area contributed by atoms with Gasteiger partial charge in [-0.05, 0) is 24.3 Å². The summed E-state index contributed by atoms with van der Waals surface area (Å²) in [6.45, 7) is 0. The van der Waals surface area contributed by atoms with Crippen molar-refractivity contribution in [1.82, 2.24) is 0 Å². The molecule has 0 saturated carbocycles. The average molecular weight is 271 g/mol. The molecule has 102 valence electrons. The fourth-order valence-electron chi connectivity index (χ4n) is 1.72. The summed E-state index contributed by atoms with van der Waals surface area (Å²) in [5, 5.41) is 9.23. The number of rotatable bonds is 5. The first-order valence-electron chi connectivity index (χ1n) is 5.92. The van der Waals surface area contributed by atoms with Crippen molar-refractivity contribution in [3.63, 3.8) is 0 Å². The molecule has 0 bridgehead atoms. The summed E-state index contributed by atoms with van der Waals surface area (Å²) in [6.07, 6.45) is -1.10. The molecule has 0 saturated heterocycles. The number of carboxylic acids is 1. The summed E-state index contributed by atoms with van der Waals surface area (Å²) < 4.78 is 5.45. The minimum atomic E-state index is -1.10. The van der Waals surface area contributed by atoms with E-state index >= 15 is 0 Å². The third kappa shape index (κ3) is 3.14. The van der Waals surface area contributed by atoms with Gasteiger partial charge in [-0.15, -0.1) is 0 Å². The van der Waals surface area contributed by atoms with Crippen LogP contribution in [0, 0.1) is 0 Å². The first kappa shape index (κ1) is 13.6.